The van der Waals surface area contributed by atoms with Crippen LogP contribution < -0.4 is 0 Å². The Labute approximate surface area is 134 Å². The Morgan fingerprint density at radius 2 is 1.70 bits per heavy atom. The average molecular weight is 296 g/mol. The molecule has 0 amide bonds. The van der Waals surface area contributed by atoms with Crippen LogP contribution in [-0.2, 0) is 0 Å². The summed E-state index contributed by atoms with van der Waals surface area (Å²) in [4.78, 5) is 4.93. The molecule has 0 unspecified atom stereocenters. The predicted octanol–water partition coefficient (Wildman–Crippen LogP) is 5.37. The van der Waals surface area contributed by atoms with Gasteiger partial charge >= 0.3 is 0 Å². The maximum absolute atomic E-state index is 4.93. The summed E-state index contributed by atoms with van der Waals surface area (Å²) >= 11 is 0. The van der Waals surface area contributed by atoms with Gasteiger partial charge in [0.25, 0.3) is 0 Å². The van der Waals surface area contributed by atoms with Crippen molar-refractivity contribution in [2.45, 2.75) is 12.8 Å². The van der Waals surface area contributed by atoms with Crippen LogP contribution in [-0.4, -0.2) is 9.38 Å². The smallest absolute Gasteiger partial charge is 0.146 e. The van der Waals surface area contributed by atoms with E-state index in [4.69, 9.17) is 4.98 Å². The minimum absolute atomic E-state index is 1.04. The first-order chi connectivity index (χ1) is 11.4. The number of rotatable bonds is 1. The van der Waals surface area contributed by atoms with E-state index in [0.29, 0.717) is 0 Å². The lowest BCUT2D eigenvalue weighted by Crippen LogP contribution is -1.95. The molecule has 2 heteroatoms. The first-order valence-corrected chi connectivity index (χ1v) is 8.08. The maximum Gasteiger partial charge on any atom is 0.146 e. The Bertz CT molecular complexity index is 1110. The highest BCUT2D eigenvalue weighted by Gasteiger charge is 2.14. The number of allylic oxidation sites excluding steroid dienone is 4. The molecule has 2 aromatic heterocycles. The summed E-state index contributed by atoms with van der Waals surface area (Å²) in [6.45, 7) is 0. The lowest BCUT2D eigenvalue weighted by molar-refractivity contribution is 1.04. The van der Waals surface area contributed by atoms with Crippen molar-refractivity contribution < 1.29 is 0 Å². The Kier molecular flexibility index (Phi) is 2.65. The molecule has 0 saturated carbocycles. The highest BCUT2D eigenvalue weighted by molar-refractivity contribution is 5.97. The second kappa shape index (κ2) is 4.82. The second-order valence-electron chi connectivity index (χ2n) is 6.02. The third-order valence-electron chi connectivity index (χ3n) is 4.59. The van der Waals surface area contributed by atoms with Crippen molar-refractivity contribution in [2.24, 2.45) is 0 Å². The molecule has 2 aromatic carbocycles. The van der Waals surface area contributed by atoms with Gasteiger partial charge in [-0.05, 0) is 48.1 Å². The highest BCUT2D eigenvalue weighted by Crippen LogP contribution is 2.31. The third kappa shape index (κ3) is 1.85. The molecule has 0 atom stereocenters. The van der Waals surface area contributed by atoms with Crippen LogP contribution >= 0.6 is 0 Å². The molecule has 0 N–H and O–H groups in total. The molecule has 23 heavy (non-hydrogen) atoms. The van der Waals surface area contributed by atoms with E-state index >= 15 is 0 Å². The number of nitrogens with zero attached hydrogens (tertiary/aromatic N) is 2. The topological polar surface area (TPSA) is 17.3 Å². The van der Waals surface area contributed by atoms with Crippen LogP contribution in [0, 0.1) is 0 Å². The first kappa shape index (κ1) is 12.7. The molecule has 110 valence electrons. The molecule has 0 radical (unpaired) electrons. The van der Waals surface area contributed by atoms with Crippen LogP contribution in [0.3, 0.4) is 0 Å². The van der Waals surface area contributed by atoms with Crippen molar-refractivity contribution >= 4 is 33.2 Å². The molecule has 0 bridgehead atoms. The molecule has 4 aromatic rings. The monoisotopic (exact) mass is 296 g/mol. The zero-order valence-corrected chi connectivity index (χ0v) is 12.7. The number of aromatic nitrogens is 2. The normalized spacial score (nSPS) is 14.7. The summed E-state index contributed by atoms with van der Waals surface area (Å²) in [5.41, 5.74) is 6.97. The van der Waals surface area contributed by atoms with E-state index in [1.165, 1.54) is 27.6 Å². The van der Waals surface area contributed by atoms with E-state index in [0.717, 1.165) is 24.0 Å². The molecule has 0 saturated heterocycles. The molecule has 0 aliphatic heterocycles. The van der Waals surface area contributed by atoms with Crippen molar-refractivity contribution in [1.82, 2.24) is 9.38 Å². The summed E-state index contributed by atoms with van der Waals surface area (Å²) in [6, 6.07) is 19.2. The lowest BCUT2D eigenvalue weighted by Gasteiger charge is -2.11. The lowest BCUT2D eigenvalue weighted by atomic mass is 9.99. The van der Waals surface area contributed by atoms with Crippen LogP contribution in [0.25, 0.3) is 33.2 Å². The molecule has 0 spiro atoms. The van der Waals surface area contributed by atoms with Gasteiger partial charge in [-0.1, -0.05) is 48.6 Å². The van der Waals surface area contributed by atoms with Gasteiger partial charge < -0.3 is 0 Å². The van der Waals surface area contributed by atoms with Gasteiger partial charge in [0.2, 0.25) is 0 Å². The maximum atomic E-state index is 4.93. The Morgan fingerprint density at radius 3 is 2.57 bits per heavy atom. The fraction of sp³-hybridized carbons (Fsp3) is 0.0952. The first-order valence-electron chi connectivity index (χ1n) is 8.08. The molecular weight excluding hydrogens is 280 g/mol. The summed E-state index contributed by atoms with van der Waals surface area (Å²) in [5.74, 6) is 0. The van der Waals surface area contributed by atoms with Crippen molar-refractivity contribution in [3.05, 3.63) is 78.4 Å². The molecule has 2 heterocycles. The van der Waals surface area contributed by atoms with E-state index in [1.54, 1.807) is 0 Å². The van der Waals surface area contributed by atoms with Crippen LogP contribution in [0.15, 0.2) is 72.8 Å². The Balaban J connectivity index is 2.01. The van der Waals surface area contributed by atoms with E-state index in [-0.39, 0.29) is 0 Å². The fourth-order valence-corrected chi connectivity index (χ4v) is 3.51. The number of hydrogen-bond donors (Lipinski definition) is 0. The Hall–Kier alpha value is -2.87. The largest absolute Gasteiger partial charge is 0.292 e. The minimum Gasteiger partial charge on any atom is -0.292 e. The van der Waals surface area contributed by atoms with Gasteiger partial charge in [0.05, 0.1) is 16.6 Å². The molecule has 0 fully saturated rings. The van der Waals surface area contributed by atoms with Gasteiger partial charge in [0.15, 0.2) is 0 Å². The standard InChI is InChI=1S/C21H16N2/c1-2-8-15(9-3-1)17-14-16-10-4-6-12-19(16)23-20-13-7-5-11-18(20)22-21(17)23/h2,4-14H,1,3H2. The van der Waals surface area contributed by atoms with Crippen LogP contribution in [0.4, 0.5) is 0 Å². The number of pyridine rings is 1. The molecule has 5 rings (SSSR count). The fourth-order valence-electron chi connectivity index (χ4n) is 3.51. The van der Waals surface area contributed by atoms with Gasteiger partial charge in [-0.2, -0.15) is 0 Å². The van der Waals surface area contributed by atoms with Gasteiger partial charge in [0, 0.05) is 5.56 Å². The van der Waals surface area contributed by atoms with Crippen molar-refractivity contribution in [2.75, 3.05) is 0 Å². The van der Waals surface area contributed by atoms with Gasteiger partial charge in [-0.3, -0.25) is 4.40 Å². The van der Waals surface area contributed by atoms with Gasteiger partial charge in [-0.25, -0.2) is 4.98 Å². The number of imidazole rings is 1. The molecule has 2 nitrogen and oxygen atoms in total. The molecular formula is C21H16N2. The SMILES string of the molecule is C1=CC(c2cc3ccccc3n3c2nc2ccccc23)=CCC1. The second-order valence-corrected chi connectivity index (χ2v) is 6.02. The molecule has 1 aliphatic rings. The number of hydrogen-bond acceptors (Lipinski definition) is 1. The number of fused-ring (bicyclic) bond motifs is 5. The summed E-state index contributed by atoms with van der Waals surface area (Å²) in [5, 5.41) is 1.25. The highest BCUT2D eigenvalue weighted by atomic mass is 15.0. The van der Waals surface area contributed by atoms with E-state index in [9.17, 15) is 0 Å². The minimum atomic E-state index is 1.04. The van der Waals surface area contributed by atoms with Crippen LogP contribution in [0.1, 0.15) is 18.4 Å². The zero-order chi connectivity index (χ0) is 15.2. The van der Waals surface area contributed by atoms with Crippen molar-refractivity contribution in [3.63, 3.8) is 0 Å². The van der Waals surface area contributed by atoms with E-state index in [1.807, 2.05) is 0 Å². The third-order valence-corrected chi connectivity index (χ3v) is 4.59. The Morgan fingerprint density at radius 1 is 0.870 bits per heavy atom. The van der Waals surface area contributed by atoms with Crippen molar-refractivity contribution in [3.8, 4) is 0 Å². The van der Waals surface area contributed by atoms with Crippen LogP contribution in [0.5, 0.6) is 0 Å². The number of benzene rings is 2. The quantitative estimate of drug-likeness (QED) is 0.461. The van der Waals surface area contributed by atoms with E-state index in [2.05, 4.69) is 77.2 Å². The van der Waals surface area contributed by atoms with Gasteiger partial charge in [0.1, 0.15) is 5.65 Å². The molecule has 1 aliphatic carbocycles. The van der Waals surface area contributed by atoms with Crippen molar-refractivity contribution in [1.29, 1.82) is 0 Å². The van der Waals surface area contributed by atoms with Crippen LogP contribution in [0.2, 0.25) is 0 Å². The summed E-state index contributed by atoms with van der Waals surface area (Å²) in [6.07, 6.45) is 9.04. The average Bonchev–Trinajstić information content (AvgIpc) is 3.01. The zero-order valence-electron chi connectivity index (χ0n) is 12.7. The summed E-state index contributed by atoms with van der Waals surface area (Å²) in [7, 11) is 0. The summed E-state index contributed by atoms with van der Waals surface area (Å²) < 4.78 is 2.29. The van der Waals surface area contributed by atoms with Gasteiger partial charge in [-0.15, -0.1) is 0 Å². The van der Waals surface area contributed by atoms with E-state index < -0.39 is 0 Å². The predicted molar refractivity (Wildman–Crippen MR) is 96.6 cm³/mol. The number of para-hydroxylation sites is 3.